The molecule has 0 saturated carbocycles. The highest BCUT2D eigenvalue weighted by atomic mass is 15.2. The van der Waals surface area contributed by atoms with Crippen LogP contribution in [0.5, 0.6) is 0 Å². The molecule has 0 atom stereocenters. The Morgan fingerprint density at radius 1 is 1.33 bits per heavy atom. The zero-order valence-corrected chi connectivity index (χ0v) is 8.96. The normalized spacial score (nSPS) is 12.8. The first-order chi connectivity index (χ1) is 5.38. The van der Waals surface area contributed by atoms with Crippen LogP contribution in [0.4, 0.5) is 0 Å². The zero-order chi connectivity index (χ0) is 9.78. The fraction of sp³-hybridized carbons (Fsp3) is 0.800. The summed E-state index contributed by atoms with van der Waals surface area (Å²) in [6, 6.07) is 0. The molecule has 0 radical (unpaired) electrons. The van der Waals surface area contributed by atoms with Crippen LogP contribution in [0.15, 0.2) is 12.4 Å². The van der Waals surface area contributed by atoms with E-state index in [1.165, 1.54) is 0 Å². The van der Waals surface area contributed by atoms with Gasteiger partial charge < -0.3 is 10.6 Å². The summed E-state index contributed by atoms with van der Waals surface area (Å²) < 4.78 is 0. The Morgan fingerprint density at radius 3 is 2.08 bits per heavy atom. The fourth-order valence-electron chi connectivity index (χ4n) is 1.06. The molecule has 0 aromatic rings. The van der Waals surface area contributed by atoms with Crippen molar-refractivity contribution in [1.82, 2.24) is 4.90 Å². The Balaban J connectivity index is 4.24. The van der Waals surface area contributed by atoms with Crippen LogP contribution in [0.1, 0.15) is 34.6 Å². The van der Waals surface area contributed by atoms with E-state index < -0.39 is 0 Å². The topological polar surface area (TPSA) is 29.3 Å². The van der Waals surface area contributed by atoms with Crippen LogP contribution >= 0.6 is 0 Å². The van der Waals surface area contributed by atoms with Crippen LogP contribution < -0.4 is 5.73 Å². The Morgan fingerprint density at radius 2 is 1.83 bits per heavy atom. The predicted octanol–water partition coefficient (Wildman–Crippen LogP) is 2.17. The third-order valence-corrected chi connectivity index (χ3v) is 1.69. The molecule has 0 spiro atoms. The van der Waals surface area contributed by atoms with Crippen LogP contribution in [0, 0.1) is 5.92 Å². The van der Waals surface area contributed by atoms with Gasteiger partial charge >= 0.3 is 0 Å². The predicted molar refractivity (Wildman–Crippen MR) is 54.6 cm³/mol. The Bertz CT molecular complexity index is 142. The molecule has 0 aliphatic carbocycles. The second kappa shape index (κ2) is 4.39. The second-order valence-corrected chi connectivity index (χ2v) is 4.56. The van der Waals surface area contributed by atoms with Crippen molar-refractivity contribution >= 4 is 0 Å². The highest BCUT2D eigenvalue weighted by Crippen LogP contribution is 2.15. The summed E-state index contributed by atoms with van der Waals surface area (Å²) in [4.78, 5) is 2.26. The Labute approximate surface area is 76.4 Å². The summed E-state index contributed by atoms with van der Waals surface area (Å²) in [5.74, 6) is 0.667. The lowest BCUT2D eigenvalue weighted by atomic mass is 10.0. The summed E-state index contributed by atoms with van der Waals surface area (Å²) in [5.41, 5.74) is 5.55. The molecule has 0 aliphatic rings. The average molecular weight is 170 g/mol. The quantitative estimate of drug-likeness (QED) is 0.703. The molecule has 2 heteroatoms. The van der Waals surface area contributed by atoms with Gasteiger partial charge in [-0.15, -0.1) is 0 Å². The van der Waals surface area contributed by atoms with Crippen molar-refractivity contribution < 1.29 is 0 Å². The lowest BCUT2D eigenvalue weighted by Crippen LogP contribution is -2.39. The van der Waals surface area contributed by atoms with Gasteiger partial charge in [0.15, 0.2) is 0 Å². The van der Waals surface area contributed by atoms with Gasteiger partial charge in [-0.1, -0.05) is 13.8 Å². The average Bonchev–Trinajstić information content (AvgIpc) is 1.83. The molecule has 0 heterocycles. The van der Waals surface area contributed by atoms with Gasteiger partial charge in [0.25, 0.3) is 0 Å². The van der Waals surface area contributed by atoms with E-state index in [0.717, 1.165) is 6.54 Å². The molecule has 0 fully saturated rings. The number of hydrogen-bond acceptors (Lipinski definition) is 2. The SMILES string of the molecule is CC(C)CN(/C=C\N)C(C)(C)C. The minimum absolute atomic E-state index is 0.167. The zero-order valence-electron chi connectivity index (χ0n) is 8.96. The summed E-state index contributed by atoms with van der Waals surface area (Å²) in [6.07, 6.45) is 3.56. The molecule has 12 heavy (non-hydrogen) atoms. The van der Waals surface area contributed by atoms with Gasteiger partial charge in [-0.25, -0.2) is 0 Å². The van der Waals surface area contributed by atoms with Gasteiger partial charge in [0.05, 0.1) is 0 Å². The van der Waals surface area contributed by atoms with E-state index in [9.17, 15) is 0 Å². The van der Waals surface area contributed by atoms with Crippen molar-refractivity contribution in [3.63, 3.8) is 0 Å². The van der Waals surface area contributed by atoms with Crippen LogP contribution in [0.3, 0.4) is 0 Å². The van der Waals surface area contributed by atoms with E-state index in [-0.39, 0.29) is 5.54 Å². The lowest BCUT2D eigenvalue weighted by molar-refractivity contribution is 0.185. The fourth-order valence-corrected chi connectivity index (χ4v) is 1.06. The highest BCUT2D eigenvalue weighted by Gasteiger charge is 2.17. The smallest absolute Gasteiger partial charge is 0.0313 e. The van der Waals surface area contributed by atoms with Gasteiger partial charge in [0.1, 0.15) is 0 Å². The molecule has 0 aromatic heterocycles. The van der Waals surface area contributed by atoms with Crippen molar-refractivity contribution in [3.8, 4) is 0 Å². The first kappa shape index (κ1) is 11.3. The number of nitrogens with two attached hydrogens (primary N) is 1. The maximum absolute atomic E-state index is 5.38. The van der Waals surface area contributed by atoms with E-state index in [2.05, 4.69) is 39.5 Å². The maximum Gasteiger partial charge on any atom is 0.0313 e. The molecule has 0 amide bonds. The molecule has 0 bridgehead atoms. The van der Waals surface area contributed by atoms with Crippen LogP contribution in [0.25, 0.3) is 0 Å². The molecule has 0 saturated heterocycles. The molecule has 72 valence electrons. The minimum Gasteiger partial charge on any atom is -0.403 e. The molecular weight excluding hydrogens is 148 g/mol. The van der Waals surface area contributed by atoms with Gasteiger partial charge in [0.2, 0.25) is 0 Å². The first-order valence-corrected chi connectivity index (χ1v) is 4.53. The van der Waals surface area contributed by atoms with E-state index in [1.54, 1.807) is 6.20 Å². The van der Waals surface area contributed by atoms with Crippen molar-refractivity contribution in [2.24, 2.45) is 11.7 Å². The van der Waals surface area contributed by atoms with Crippen molar-refractivity contribution in [2.75, 3.05) is 6.54 Å². The lowest BCUT2D eigenvalue weighted by Gasteiger charge is -2.35. The van der Waals surface area contributed by atoms with Crippen LogP contribution in [0.2, 0.25) is 0 Å². The number of rotatable bonds is 3. The molecule has 2 nitrogen and oxygen atoms in total. The molecular formula is C10H22N2. The van der Waals surface area contributed by atoms with Gasteiger partial charge in [-0.05, 0) is 26.7 Å². The molecule has 0 aromatic carbocycles. The van der Waals surface area contributed by atoms with Crippen LogP contribution in [-0.2, 0) is 0 Å². The van der Waals surface area contributed by atoms with E-state index >= 15 is 0 Å². The van der Waals surface area contributed by atoms with Crippen molar-refractivity contribution in [1.29, 1.82) is 0 Å². The minimum atomic E-state index is 0.167. The van der Waals surface area contributed by atoms with E-state index in [0.29, 0.717) is 5.92 Å². The third kappa shape index (κ3) is 4.27. The number of nitrogens with zero attached hydrogens (tertiary/aromatic N) is 1. The second-order valence-electron chi connectivity index (χ2n) is 4.56. The summed E-state index contributed by atoms with van der Waals surface area (Å²) >= 11 is 0. The van der Waals surface area contributed by atoms with E-state index in [1.807, 2.05) is 6.20 Å². The molecule has 2 N–H and O–H groups in total. The molecule has 0 unspecified atom stereocenters. The highest BCUT2D eigenvalue weighted by molar-refractivity contribution is 4.87. The van der Waals surface area contributed by atoms with Crippen molar-refractivity contribution in [3.05, 3.63) is 12.4 Å². The number of hydrogen-bond donors (Lipinski definition) is 1. The standard InChI is InChI=1S/C10H22N2/c1-9(2)8-12(7-6-11)10(3,4)5/h6-7,9H,8,11H2,1-5H3/b7-6-. The monoisotopic (exact) mass is 170 g/mol. The summed E-state index contributed by atoms with van der Waals surface area (Å²) in [5, 5.41) is 0. The Hall–Kier alpha value is -0.660. The third-order valence-electron chi connectivity index (χ3n) is 1.69. The van der Waals surface area contributed by atoms with Gasteiger partial charge in [-0.3, -0.25) is 0 Å². The maximum atomic E-state index is 5.38. The summed E-state index contributed by atoms with van der Waals surface area (Å²) in [6.45, 7) is 12.0. The molecule has 0 aliphatic heterocycles. The van der Waals surface area contributed by atoms with Gasteiger partial charge in [0, 0.05) is 24.5 Å². The van der Waals surface area contributed by atoms with E-state index in [4.69, 9.17) is 5.73 Å². The molecule has 0 rings (SSSR count). The van der Waals surface area contributed by atoms with Crippen LogP contribution in [-0.4, -0.2) is 17.0 Å². The largest absolute Gasteiger partial charge is 0.403 e. The van der Waals surface area contributed by atoms with Crippen molar-refractivity contribution in [2.45, 2.75) is 40.2 Å². The first-order valence-electron chi connectivity index (χ1n) is 4.53. The Kier molecular flexibility index (Phi) is 4.15. The summed E-state index contributed by atoms with van der Waals surface area (Å²) in [7, 11) is 0. The van der Waals surface area contributed by atoms with Gasteiger partial charge in [-0.2, -0.15) is 0 Å².